The Morgan fingerprint density at radius 3 is 2.53 bits per heavy atom. The maximum absolute atomic E-state index is 4.88. The zero-order valence-electron chi connectivity index (χ0n) is 21.9. The van der Waals surface area contributed by atoms with Crippen LogP contribution in [-0.4, -0.2) is 14.5 Å². The van der Waals surface area contributed by atoms with Gasteiger partial charge in [-0.3, -0.25) is 4.98 Å². The third-order valence-corrected chi connectivity index (χ3v) is 8.41. The molecule has 0 fully saturated rings. The summed E-state index contributed by atoms with van der Waals surface area (Å²) in [5, 5.41) is 4.76. The van der Waals surface area contributed by atoms with Crippen molar-refractivity contribution in [2.24, 2.45) is 5.41 Å². The average Bonchev–Trinajstić information content (AvgIpc) is 3.45. The first-order valence-corrected chi connectivity index (χ1v) is 13.8. The van der Waals surface area contributed by atoms with Crippen molar-refractivity contribution in [3.63, 3.8) is 0 Å². The first kappa shape index (κ1) is 24.7. The minimum atomic E-state index is 0.215. The highest BCUT2D eigenvalue weighted by Gasteiger charge is 2.27. The zero-order chi connectivity index (χ0) is 24.5. The van der Waals surface area contributed by atoms with Gasteiger partial charge in [0.2, 0.25) is 0 Å². The number of hydrogen-bond acceptors (Lipinski definition) is 3. The van der Waals surface area contributed by atoms with Crippen LogP contribution < -0.4 is 0 Å². The van der Waals surface area contributed by atoms with Gasteiger partial charge in [-0.25, -0.2) is 4.98 Å². The van der Waals surface area contributed by atoms with E-state index < -0.39 is 0 Å². The molecule has 0 spiro atoms. The Labute approximate surface area is 209 Å². The summed E-state index contributed by atoms with van der Waals surface area (Å²) < 4.78 is 2.52. The van der Waals surface area contributed by atoms with E-state index in [1.165, 1.54) is 44.0 Å². The van der Waals surface area contributed by atoms with Crippen LogP contribution in [0.2, 0.25) is 0 Å². The van der Waals surface area contributed by atoms with E-state index >= 15 is 0 Å². The van der Waals surface area contributed by atoms with E-state index in [2.05, 4.69) is 88.7 Å². The normalized spacial score (nSPS) is 13.0. The van der Waals surface area contributed by atoms with Gasteiger partial charge in [-0.2, -0.15) is 0 Å². The van der Waals surface area contributed by atoms with Crippen molar-refractivity contribution in [2.45, 2.75) is 86.6 Å². The van der Waals surface area contributed by atoms with Gasteiger partial charge in [-0.1, -0.05) is 54.0 Å². The van der Waals surface area contributed by atoms with Gasteiger partial charge in [0, 0.05) is 40.2 Å². The van der Waals surface area contributed by atoms with E-state index in [0.717, 1.165) is 37.9 Å². The maximum atomic E-state index is 4.88. The van der Waals surface area contributed by atoms with Gasteiger partial charge in [0.05, 0.1) is 22.1 Å². The van der Waals surface area contributed by atoms with Crippen LogP contribution in [0.15, 0.2) is 41.9 Å². The van der Waals surface area contributed by atoms with Crippen LogP contribution in [0.5, 0.6) is 0 Å². The molecule has 1 aromatic carbocycles. The van der Waals surface area contributed by atoms with E-state index in [1.807, 2.05) is 6.20 Å². The molecule has 180 valence electrons. The molecule has 0 saturated heterocycles. The summed E-state index contributed by atoms with van der Waals surface area (Å²) in [6.07, 6.45) is 6.20. The van der Waals surface area contributed by atoms with Crippen molar-refractivity contribution in [1.82, 2.24) is 14.5 Å². The fourth-order valence-corrected chi connectivity index (χ4v) is 5.57. The van der Waals surface area contributed by atoms with Crippen LogP contribution in [0, 0.1) is 5.41 Å². The second-order valence-electron chi connectivity index (χ2n) is 10.2. The highest BCUT2D eigenvalue weighted by molar-refractivity contribution is 7.09. The number of aryl methyl sites for hydroxylation is 2. The SMILES string of the molecule is CCc1nc(-c2ccc3c(c2)c(CC(C)(C)CC)c(-c2cccnc2C(C)CC)n3CC)cs1. The molecular weight excluding hydrogens is 434 g/mol. The lowest BCUT2D eigenvalue weighted by Gasteiger charge is -2.24. The molecule has 0 aliphatic heterocycles. The number of aromatic nitrogens is 3. The first-order valence-electron chi connectivity index (χ1n) is 12.9. The van der Waals surface area contributed by atoms with E-state index in [0.29, 0.717) is 5.92 Å². The highest BCUT2D eigenvalue weighted by Crippen LogP contribution is 2.42. The Morgan fingerprint density at radius 2 is 1.88 bits per heavy atom. The third-order valence-electron chi connectivity index (χ3n) is 7.42. The van der Waals surface area contributed by atoms with Gasteiger partial charge in [0.15, 0.2) is 0 Å². The van der Waals surface area contributed by atoms with Gasteiger partial charge >= 0.3 is 0 Å². The summed E-state index contributed by atoms with van der Waals surface area (Å²) in [6, 6.07) is 11.3. The van der Waals surface area contributed by atoms with Crippen LogP contribution in [0.25, 0.3) is 33.4 Å². The second-order valence-corrected chi connectivity index (χ2v) is 11.2. The molecule has 0 aliphatic rings. The molecule has 4 heteroatoms. The molecule has 3 nitrogen and oxygen atoms in total. The third kappa shape index (κ3) is 4.57. The van der Waals surface area contributed by atoms with E-state index in [9.17, 15) is 0 Å². The highest BCUT2D eigenvalue weighted by atomic mass is 32.1. The summed E-state index contributed by atoms with van der Waals surface area (Å²) >= 11 is 1.76. The summed E-state index contributed by atoms with van der Waals surface area (Å²) in [7, 11) is 0. The molecule has 1 atom stereocenters. The zero-order valence-corrected chi connectivity index (χ0v) is 22.7. The molecule has 4 rings (SSSR count). The predicted octanol–water partition coefficient (Wildman–Crippen LogP) is 8.90. The Bertz CT molecular complexity index is 1280. The van der Waals surface area contributed by atoms with E-state index in [1.54, 1.807) is 11.3 Å². The van der Waals surface area contributed by atoms with Crippen LogP contribution in [0.1, 0.15) is 83.5 Å². The van der Waals surface area contributed by atoms with Crippen molar-refractivity contribution in [3.8, 4) is 22.5 Å². The smallest absolute Gasteiger partial charge is 0.0929 e. The molecule has 0 saturated carbocycles. The van der Waals surface area contributed by atoms with Crippen molar-refractivity contribution in [3.05, 3.63) is 58.2 Å². The number of rotatable bonds is 9. The maximum Gasteiger partial charge on any atom is 0.0929 e. The van der Waals surface area contributed by atoms with Gasteiger partial charge in [0.25, 0.3) is 0 Å². The Morgan fingerprint density at radius 1 is 1.09 bits per heavy atom. The molecule has 1 unspecified atom stereocenters. The topological polar surface area (TPSA) is 30.7 Å². The van der Waals surface area contributed by atoms with E-state index in [4.69, 9.17) is 9.97 Å². The monoisotopic (exact) mass is 473 g/mol. The standard InChI is InChI=1S/C30H39N3S/c1-8-20(5)28-22(13-12-16-31-28)29-24(18-30(6,7)10-3)23-17-21(14-15-26(23)33(29)11-4)25-19-34-27(9-2)32-25/h12-17,19-20H,8-11,18H2,1-7H3. The molecule has 34 heavy (non-hydrogen) atoms. The molecule has 0 aliphatic carbocycles. The quantitative estimate of drug-likeness (QED) is 0.243. The summed E-state index contributed by atoms with van der Waals surface area (Å²) in [4.78, 5) is 9.77. The minimum Gasteiger partial charge on any atom is -0.340 e. The molecule has 0 bridgehead atoms. The molecule has 4 aromatic rings. The lowest BCUT2D eigenvalue weighted by Crippen LogP contribution is -2.14. The van der Waals surface area contributed by atoms with Gasteiger partial charge in [-0.05, 0) is 67.3 Å². The van der Waals surface area contributed by atoms with Crippen molar-refractivity contribution in [1.29, 1.82) is 0 Å². The number of fused-ring (bicyclic) bond motifs is 1. The molecule has 3 heterocycles. The van der Waals surface area contributed by atoms with Crippen LogP contribution in [0.4, 0.5) is 0 Å². The number of benzene rings is 1. The molecule has 0 amide bonds. The summed E-state index contributed by atoms with van der Waals surface area (Å²) in [5.41, 5.74) is 9.15. The minimum absolute atomic E-state index is 0.215. The lowest BCUT2D eigenvalue weighted by molar-refractivity contribution is 0.350. The molecular formula is C30H39N3S. The summed E-state index contributed by atoms with van der Waals surface area (Å²) in [5.74, 6) is 0.421. The number of nitrogens with zero attached hydrogens (tertiary/aromatic N) is 3. The fraction of sp³-hybridized carbons (Fsp3) is 0.467. The van der Waals surface area contributed by atoms with Gasteiger partial charge < -0.3 is 4.57 Å². The number of hydrogen-bond donors (Lipinski definition) is 0. The van der Waals surface area contributed by atoms with Gasteiger partial charge in [-0.15, -0.1) is 11.3 Å². The number of pyridine rings is 1. The van der Waals surface area contributed by atoms with E-state index in [-0.39, 0.29) is 5.41 Å². The van der Waals surface area contributed by atoms with Crippen molar-refractivity contribution >= 4 is 22.2 Å². The largest absolute Gasteiger partial charge is 0.340 e. The second kappa shape index (κ2) is 10.0. The molecule has 0 radical (unpaired) electrons. The van der Waals surface area contributed by atoms with Crippen LogP contribution >= 0.6 is 11.3 Å². The Kier molecular flexibility index (Phi) is 7.28. The average molecular weight is 474 g/mol. The summed E-state index contributed by atoms with van der Waals surface area (Å²) in [6.45, 7) is 17.0. The van der Waals surface area contributed by atoms with Crippen LogP contribution in [0.3, 0.4) is 0 Å². The lowest BCUT2D eigenvalue weighted by atomic mass is 9.81. The first-order chi connectivity index (χ1) is 16.3. The van der Waals surface area contributed by atoms with Crippen molar-refractivity contribution < 1.29 is 0 Å². The Balaban J connectivity index is 2.03. The molecule has 3 aromatic heterocycles. The molecule has 0 N–H and O–H groups in total. The predicted molar refractivity (Wildman–Crippen MR) is 148 cm³/mol. The van der Waals surface area contributed by atoms with Crippen molar-refractivity contribution in [2.75, 3.05) is 0 Å². The van der Waals surface area contributed by atoms with Crippen LogP contribution in [-0.2, 0) is 19.4 Å². The Hall–Kier alpha value is -2.46. The van der Waals surface area contributed by atoms with Gasteiger partial charge in [0.1, 0.15) is 0 Å². The fourth-order valence-electron chi connectivity index (χ4n) is 4.81. The number of thiazole rings is 1.